The summed E-state index contributed by atoms with van der Waals surface area (Å²) in [5, 5.41) is 1.61. The lowest BCUT2D eigenvalue weighted by atomic mass is 10.0. The van der Waals surface area contributed by atoms with Crippen LogP contribution in [0.15, 0.2) is 75.2 Å². The molecule has 0 saturated heterocycles. The minimum absolute atomic E-state index is 0.147. The second-order valence-corrected chi connectivity index (χ2v) is 7.33. The Bertz CT molecular complexity index is 1170. The third kappa shape index (κ3) is 3.48. The molecule has 0 aliphatic heterocycles. The van der Waals surface area contributed by atoms with E-state index in [9.17, 15) is 9.18 Å². The van der Waals surface area contributed by atoms with E-state index in [4.69, 9.17) is 20.8 Å². The number of nitrogens with zero attached hydrogens (tertiary/aromatic N) is 1. The third-order valence-electron chi connectivity index (χ3n) is 4.08. The molecule has 4 rings (SSSR count). The van der Waals surface area contributed by atoms with E-state index in [2.05, 4.69) is 4.98 Å². The summed E-state index contributed by atoms with van der Waals surface area (Å²) in [6, 6.07) is 14.4. The van der Waals surface area contributed by atoms with E-state index < -0.39 is 0 Å². The molecule has 4 aromatic rings. The molecule has 0 aliphatic carbocycles. The summed E-state index contributed by atoms with van der Waals surface area (Å²) in [7, 11) is 1.48. The lowest BCUT2D eigenvalue weighted by Gasteiger charge is -2.11. The highest BCUT2D eigenvalue weighted by atomic mass is 35.5. The molecule has 0 radical (unpaired) electrons. The zero-order valence-electron chi connectivity index (χ0n) is 14.6. The van der Waals surface area contributed by atoms with E-state index in [0.29, 0.717) is 26.8 Å². The third-order valence-corrected chi connectivity index (χ3v) is 5.32. The number of halogens is 2. The van der Waals surface area contributed by atoms with Crippen molar-refractivity contribution in [3.63, 3.8) is 0 Å². The van der Waals surface area contributed by atoms with Crippen LogP contribution in [0.5, 0.6) is 5.75 Å². The molecule has 2 aromatic carbocycles. The molecule has 0 fully saturated rings. The molecule has 2 aromatic heterocycles. The number of hydrogen-bond donors (Lipinski definition) is 0. The summed E-state index contributed by atoms with van der Waals surface area (Å²) in [5.74, 6) is -0.186. The standard InChI is InChI=1S/C21H13ClFNO3S/c1-26-21-15(11-16(22)14-3-2-10-24-19(14)21)20(25)17-8-9-18(27-17)28-13-6-4-12(23)5-7-13/h2-11H,1H3. The van der Waals surface area contributed by atoms with E-state index in [1.54, 1.807) is 42.6 Å². The van der Waals surface area contributed by atoms with E-state index in [-0.39, 0.29) is 22.9 Å². The van der Waals surface area contributed by atoms with Crippen molar-refractivity contribution in [3.05, 3.63) is 83.0 Å². The van der Waals surface area contributed by atoms with Crippen molar-refractivity contribution in [3.8, 4) is 5.75 Å². The van der Waals surface area contributed by atoms with Gasteiger partial charge in [0.15, 0.2) is 16.6 Å². The van der Waals surface area contributed by atoms with Gasteiger partial charge in [-0.1, -0.05) is 23.4 Å². The maximum absolute atomic E-state index is 13.0. The van der Waals surface area contributed by atoms with Gasteiger partial charge in [-0.2, -0.15) is 0 Å². The number of fused-ring (bicyclic) bond motifs is 1. The van der Waals surface area contributed by atoms with Crippen LogP contribution >= 0.6 is 23.4 Å². The van der Waals surface area contributed by atoms with Crippen molar-refractivity contribution in [2.75, 3.05) is 7.11 Å². The Morgan fingerprint density at radius 1 is 1.18 bits per heavy atom. The Kier molecular flexibility index (Phi) is 5.07. The van der Waals surface area contributed by atoms with Gasteiger partial charge < -0.3 is 9.15 Å². The van der Waals surface area contributed by atoms with Crippen molar-refractivity contribution in [1.82, 2.24) is 4.98 Å². The first kappa shape index (κ1) is 18.5. The Morgan fingerprint density at radius 3 is 2.71 bits per heavy atom. The monoisotopic (exact) mass is 413 g/mol. The molecule has 4 nitrogen and oxygen atoms in total. The second-order valence-electron chi connectivity index (χ2n) is 5.84. The van der Waals surface area contributed by atoms with Gasteiger partial charge in [-0.3, -0.25) is 9.78 Å². The quantitative estimate of drug-likeness (QED) is 0.375. The summed E-state index contributed by atoms with van der Waals surface area (Å²) in [6.07, 6.45) is 1.61. The van der Waals surface area contributed by atoms with Gasteiger partial charge in [0.25, 0.3) is 0 Å². The van der Waals surface area contributed by atoms with Gasteiger partial charge in [0.2, 0.25) is 5.78 Å². The summed E-state index contributed by atoms with van der Waals surface area (Å²) >= 11 is 7.63. The van der Waals surface area contributed by atoms with Gasteiger partial charge in [-0.15, -0.1) is 0 Å². The van der Waals surface area contributed by atoms with Crippen LogP contribution < -0.4 is 4.74 Å². The number of rotatable bonds is 5. The highest BCUT2D eigenvalue weighted by Gasteiger charge is 2.22. The first-order valence-electron chi connectivity index (χ1n) is 8.26. The molecule has 0 amide bonds. The highest BCUT2D eigenvalue weighted by Crippen LogP contribution is 2.36. The highest BCUT2D eigenvalue weighted by molar-refractivity contribution is 7.99. The van der Waals surface area contributed by atoms with Crippen molar-refractivity contribution >= 4 is 40.0 Å². The zero-order valence-corrected chi connectivity index (χ0v) is 16.2. The number of aromatic nitrogens is 1. The van der Waals surface area contributed by atoms with Gasteiger partial charge in [-0.05, 0) is 54.6 Å². The average molecular weight is 414 g/mol. The fourth-order valence-corrected chi connectivity index (χ4v) is 3.83. The zero-order chi connectivity index (χ0) is 19.7. The topological polar surface area (TPSA) is 52.3 Å². The summed E-state index contributed by atoms with van der Waals surface area (Å²) < 4.78 is 24.2. The number of hydrogen-bond acceptors (Lipinski definition) is 5. The van der Waals surface area contributed by atoms with Crippen molar-refractivity contribution in [2.24, 2.45) is 0 Å². The largest absolute Gasteiger partial charge is 0.494 e. The molecule has 2 heterocycles. The lowest BCUT2D eigenvalue weighted by molar-refractivity contribution is 0.100. The average Bonchev–Trinajstić information content (AvgIpc) is 3.17. The number of methoxy groups -OCH3 is 1. The molecule has 0 spiro atoms. The van der Waals surface area contributed by atoms with Gasteiger partial charge in [0, 0.05) is 16.5 Å². The molecule has 140 valence electrons. The lowest BCUT2D eigenvalue weighted by Crippen LogP contribution is -2.04. The van der Waals surface area contributed by atoms with E-state index in [0.717, 1.165) is 4.90 Å². The molecule has 0 bridgehead atoms. The van der Waals surface area contributed by atoms with Crippen molar-refractivity contribution < 1.29 is 18.3 Å². The summed E-state index contributed by atoms with van der Waals surface area (Å²) in [6.45, 7) is 0. The number of furan rings is 1. The van der Waals surface area contributed by atoms with Gasteiger partial charge in [-0.25, -0.2) is 4.39 Å². The molecule has 28 heavy (non-hydrogen) atoms. The minimum atomic E-state index is -0.364. The number of carbonyl (C=O) groups excluding carboxylic acids is 1. The van der Waals surface area contributed by atoms with Crippen LogP contribution in [0.4, 0.5) is 4.39 Å². The molecule has 0 atom stereocenters. The Balaban J connectivity index is 1.68. The number of pyridine rings is 1. The normalized spacial score (nSPS) is 11.0. The molecule has 0 N–H and O–H groups in total. The predicted molar refractivity (Wildman–Crippen MR) is 106 cm³/mol. The molecule has 0 saturated carbocycles. The molecular weight excluding hydrogens is 401 g/mol. The van der Waals surface area contributed by atoms with E-state index in [1.165, 1.54) is 31.0 Å². The maximum atomic E-state index is 13.0. The van der Waals surface area contributed by atoms with Crippen LogP contribution in [-0.2, 0) is 0 Å². The van der Waals surface area contributed by atoms with Gasteiger partial charge in [0.1, 0.15) is 11.3 Å². The molecular formula is C21H13ClFNO3S. The Hall–Kier alpha value is -2.83. The van der Waals surface area contributed by atoms with E-state index >= 15 is 0 Å². The van der Waals surface area contributed by atoms with E-state index in [1.807, 2.05) is 6.07 Å². The molecule has 7 heteroatoms. The molecule has 0 unspecified atom stereocenters. The van der Waals surface area contributed by atoms with Crippen molar-refractivity contribution in [1.29, 1.82) is 0 Å². The number of benzene rings is 2. The number of ketones is 1. The van der Waals surface area contributed by atoms with Crippen molar-refractivity contribution in [2.45, 2.75) is 9.99 Å². The maximum Gasteiger partial charge on any atom is 0.232 e. The predicted octanol–water partition coefficient (Wildman–Crippen LogP) is 6.01. The van der Waals surface area contributed by atoms with Gasteiger partial charge in [0.05, 0.1) is 17.7 Å². The smallest absolute Gasteiger partial charge is 0.232 e. The minimum Gasteiger partial charge on any atom is -0.494 e. The van der Waals surface area contributed by atoms with Gasteiger partial charge >= 0.3 is 0 Å². The summed E-state index contributed by atoms with van der Waals surface area (Å²) in [5.41, 5.74) is 0.777. The van der Waals surface area contributed by atoms with Crippen LogP contribution in [0.25, 0.3) is 10.9 Å². The van der Waals surface area contributed by atoms with Crippen LogP contribution in [0.1, 0.15) is 16.1 Å². The second kappa shape index (κ2) is 7.66. The van der Waals surface area contributed by atoms with Crippen LogP contribution in [-0.4, -0.2) is 17.9 Å². The SMILES string of the molecule is COc1c(C(=O)c2ccc(Sc3ccc(F)cc3)o2)cc(Cl)c2cccnc12. The number of ether oxygens (including phenoxy) is 1. The Morgan fingerprint density at radius 2 is 1.96 bits per heavy atom. The molecule has 0 aliphatic rings. The van der Waals surface area contributed by atoms with Crippen LogP contribution in [0, 0.1) is 5.82 Å². The first-order valence-corrected chi connectivity index (χ1v) is 9.45. The van der Waals surface area contributed by atoms with Crippen LogP contribution in [0.2, 0.25) is 5.02 Å². The number of carbonyl (C=O) groups is 1. The first-order chi connectivity index (χ1) is 13.6. The summed E-state index contributed by atoms with van der Waals surface area (Å²) in [4.78, 5) is 18.1. The van der Waals surface area contributed by atoms with Crippen LogP contribution in [0.3, 0.4) is 0 Å². The fourth-order valence-electron chi connectivity index (χ4n) is 2.80. The Labute approximate surface area is 169 Å². The fraction of sp³-hybridized carbons (Fsp3) is 0.0476.